The van der Waals surface area contributed by atoms with Gasteiger partial charge in [0.15, 0.2) is 0 Å². The van der Waals surface area contributed by atoms with Gasteiger partial charge in [-0.3, -0.25) is 0 Å². The van der Waals surface area contributed by atoms with Crippen LogP contribution in [-0.4, -0.2) is 0 Å². The predicted molar refractivity (Wildman–Crippen MR) is 57.3 cm³/mol. The lowest BCUT2D eigenvalue weighted by atomic mass is 9.92. The Balaban J connectivity index is 4.03. The van der Waals surface area contributed by atoms with Crippen LogP contribution >= 0.6 is 0 Å². The van der Waals surface area contributed by atoms with E-state index in [1.54, 1.807) is 0 Å². The molecule has 1 atom stereocenters. The quantitative estimate of drug-likeness (QED) is 0.533. The molecule has 0 amide bonds. The molecule has 0 aromatic heterocycles. The van der Waals surface area contributed by atoms with Crippen LogP contribution in [0.3, 0.4) is 0 Å². The Labute approximate surface area is 77.4 Å². The zero-order valence-corrected chi connectivity index (χ0v) is 8.93. The third-order valence-corrected chi connectivity index (χ3v) is 2.39. The molecule has 0 radical (unpaired) electrons. The minimum Gasteiger partial charge on any atom is -0.0916 e. The summed E-state index contributed by atoms with van der Waals surface area (Å²) in [4.78, 5) is 0. The molecule has 0 aliphatic heterocycles. The van der Waals surface area contributed by atoms with Crippen LogP contribution in [0.5, 0.6) is 0 Å². The Kier molecular flexibility index (Phi) is 6.84. The number of hydrogen-bond donors (Lipinski definition) is 0. The van der Waals surface area contributed by atoms with Gasteiger partial charge in [-0.25, -0.2) is 0 Å². The lowest BCUT2D eigenvalue weighted by Crippen LogP contribution is -1.99. The first-order valence-corrected chi connectivity index (χ1v) is 5.00. The molecular formula is C12H22. The molecule has 0 N–H and O–H groups in total. The molecule has 0 nitrogen and oxygen atoms in total. The fourth-order valence-electron chi connectivity index (χ4n) is 1.42. The van der Waals surface area contributed by atoms with Gasteiger partial charge >= 0.3 is 0 Å². The van der Waals surface area contributed by atoms with Crippen molar-refractivity contribution in [3.8, 4) is 0 Å². The molecule has 0 aromatic carbocycles. The topological polar surface area (TPSA) is 0 Å². The maximum absolute atomic E-state index is 2.27. The van der Waals surface area contributed by atoms with Gasteiger partial charge in [-0.2, -0.15) is 0 Å². The van der Waals surface area contributed by atoms with Crippen LogP contribution < -0.4 is 0 Å². The van der Waals surface area contributed by atoms with Gasteiger partial charge in [-0.15, -0.1) is 0 Å². The van der Waals surface area contributed by atoms with Gasteiger partial charge in [0.2, 0.25) is 0 Å². The zero-order chi connectivity index (χ0) is 9.40. The highest BCUT2D eigenvalue weighted by molar-refractivity contribution is 5.03. The fraction of sp³-hybridized carbons (Fsp3) is 0.667. The van der Waals surface area contributed by atoms with Crippen LogP contribution in [0.1, 0.15) is 47.0 Å². The first-order valence-electron chi connectivity index (χ1n) is 5.00. The second-order valence-electron chi connectivity index (χ2n) is 3.32. The molecule has 0 heterocycles. The highest BCUT2D eigenvalue weighted by Gasteiger charge is 2.06. The number of rotatable bonds is 5. The van der Waals surface area contributed by atoms with Crippen molar-refractivity contribution in [3.63, 3.8) is 0 Å². The van der Waals surface area contributed by atoms with Crippen LogP contribution in [0.4, 0.5) is 0 Å². The van der Waals surface area contributed by atoms with Gasteiger partial charge in [-0.05, 0) is 39.5 Å². The van der Waals surface area contributed by atoms with Crippen LogP contribution in [-0.2, 0) is 0 Å². The first kappa shape index (κ1) is 11.5. The minimum absolute atomic E-state index is 0.774. The Morgan fingerprint density at radius 2 is 2.00 bits per heavy atom. The maximum Gasteiger partial charge on any atom is -0.0172 e. The monoisotopic (exact) mass is 166 g/mol. The molecular weight excluding hydrogens is 144 g/mol. The minimum atomic E-state index is 0.774. The van der Waals surface area contributed by atoms with E-state index in [0.717, 1.165) is 5.92 Å². The Bertz CT molecular complexity index is 151. The van der Waals surface area contributed by atoms with Crippen molar-refractivity contribution in [2.75, 3.05) is 0 Å². The van der Waals surface area contributed by atoms with Gasteiger partial charge in [-0.1, -0.05) is 37.1 Å². The summed E-state index contributed by atoms with van der Waals surface area (Å²) in [5, 5.41) is 0. The third kappa shape index (κ3) is 4.38. The average molecular weight is 166 g/mol. The van der Waals surface area contributed by atoms with E-state index >= 15 is 0 Å². The molecule has 0 aromatic rings. The second-order valence-corrected chi connectivity index (χ2v) is 3.32. The molecule has 0 aliphatic carbocycles. The van der Waals surface area contributed by atoms with Gasteiger partial charge in [0.25, 0.3) is 0 Å². The van der Waals surface area contributed by atoms with Crippen molar-refractivity contribution in [3.05, 3.63) is 23.8 Å². The van der Waals surface area contributed by atoms with Crippen molar-refractivity contribution >= 4 is 0 Å². The molecule has 70 valence electrons. The highest BCUT2D eigenvalue weighted by atomic mass is 14.1. The van der Waals surface area contributed by atoms with Gasteiger partial charge < -0.3 is 0 Å². The molecule has 0 aliphatic rings. The van der Waals surface area contributed by atoms with E-state index in [9.17, 15) is 0 Å². The summed E-state index contributed by atoms with van der Waals surface area (Å²) in [7, 11) is 0. The van der Waals surface area contributed by atoms with Crippen molar-refractivity contribution < 1.29 is 0 Å². The smallest absolute Gasteiger partial charge is 0.0172 e. The normalized spacial score (nSPS) is 15.5. The molecule has 0 bridgehead atoms. The number of hydrogen-bond acceptors (Lipinski definition) is 0. The van der Waals surface area contributed by atoms with E-state index in [1.165, 1.54) is 24.8 Å². The molecule has 0 spiro atoms. The van der Waals surface area contributed by atoms with Crippen LogP contribution in [0.25, 0.3) is 0 Å². The van der Waals surface area contributed by atoms with Crippen molar-refractivity contribution in [2.45, 2.75) is 47.0 Å². The fourth-order valence-corrected chi connectivity index (χ4v) is 1.42. The summed E-state index contributed by atoms with van der Waals surface area (Å²) in [6.07, 6.45) is 10.5. The summed E-state index contributed by atoms with van der Waals surface area (Å²) < 4.78 is 0. The lowest BCUT2D eigenvalue weighted by molar-refractivity contribution is 0.556. The van der Waals surface area contributed by atoms with Crippen molar-refractivity contribution in [1.29, 1.82) is 0 Å². The SMILES string of the molecule is CC=CCC(CCC)C(C)=CC. The summed E-state index contributed by atoms with van der Waals surface area (Å²) in [6, 6.07) is 0. The van der Waals surface area contributed by atoms with Crippen molar-refractivity contribution in [1.82, 2.24) is 0 Å². The van der Waals surface area contributed by atoms with E-state index in [1.807, 2.05) is 0 Å². The molecule has 12 heavy (non-hydrogen) atoms. The molecule has 0 fully saturated rings. The molecule has 0 saturated heterocycles. The summed E-state index contributed by atoms with van der Waals surface area (Å²) in [5.41, 5.74) is 1.54. The summed E-state index contributed by atoms with van der Waals surface area (Å²) in [6.45, 7) is 8.72. The first-order chi connectivity index (χ1) is 5.76. The Hall–Kier alpha value is -0.520. The van der Waals surface area contributed by atoms with Crippen LogP contribution in [0, 0.1) is 5.92 Å². The molecule has 0 rings (SSSR count). The third-order valence-electron chi connectivity index (χ3n) is 2.39. The maximum atomic E-state index is 2.27. The van der Waals surface area contributed by atoms with Crippen LogP contribution in [0.15, 0.2) is 23.8 Å². The highest BCUT2D eigenvalue weighted by Crippen LogP contribution is 2.20. The van der Waals surface area contributed by atoms with Crippen LogP contribution in [0.2, 0.25) is 0 Å². The molecule has 0 saturated carbocycles. The standard InChI is InChI=1S/C12H22/c1-5-8-10-12(9-6-2)11(4)7-3/h5,7-8,12H,6,9-10H2,1-4H3. The van der Waals surface area contributed by atoms with E-state index in [2.05, 4.69) is 45.9 Å². The van der Waals surface area contributed by atoms with E-state index in [-0.39, 0.29) is 0 Å². The molecule has 0 heteroatoms. The van der Waals surface area contributed by atoms with Crippen molar-refractivity contribution in [2.24, 2.45) is 5.92 Å². The Morgan fingerprint density at radius 3 is 2.42 bits per heavy atom. The largest absolute Gasteiger partial charge is 0.0916 e. The summed E-state index contributed by atoms with van der Waals surface area (Å²) in [5.74, 6) is 0.774. The second kappa shape index (κ2) is 7.15. The van der Waals surface area contributed by atoms with Gasteiger partial charge in [0, 0.05) is 0 Å². The van der Waals surface area contributed by atoms with Gasteiger partial charge in [0.1, 0.15) is 0 Å². The van der Waals surface area contributed by atoms with E-state index in [4.69, 9.17) is 0 Å². The lowest BCUT2D eigenvalue weighted by Gasteiger charge is -2.14. The van der Waals surface area contributed by atoms with Gasteiger partial charge in [0.05, 0.1) is 0 Å². The summed E-state index contributed by atoms with van der Waals surface area (Å²) >= 11 is 0. The predicted octanol–water partition coefficient (Wildman–Crippen LogP) is 4.34. The Morgan fingerprint density at radius 1 is 1.33 bits per heavy atom. The van der Waals surface area contributed by atoms with E-state index in [0.29, 0.717) is 0 Å². The molecule has 1 unspecified atom stereocenters. The average Bonchev–Trinajstić information content (AvgIpc) is 2.11. The zero-order valence-electron chi connectivity index (χ0n) is 8.93. The number of allylic oxidation sites excluding steroid dienone is 4. The van der Waals surface area contributed by atoms with E-state index < -0.39 is 0 Å².